The highest BCUT2D eigenvalue weighted by Gasteiger charge is 2.44. The van der Waals surface area contributed by atoms with Gasteiger partial charge >= 0.3 is 0 Å². The van der Waals surface area contributed by atoms with Crippen LogP contribution in [0.1, 0.15) is 48.1 Å². The van der Waals surface area contributed by atoms with E-state index in [1.807, 2.05) is 18.2 Å². The van der Waals surface area contributed by atoms with Crippen molar-refractivity contribution in [1.29, 1.82) is 0 Å². The highest BCUT2D eigenvalue weighted by Crippen LogP contribution is 2.34. The number of benzene rings is 2. The molecule has 1 aliphatic rings. The monoisotopic (exact) mass is 450 g/mol. The van der Waals surface area contributed by atoms with E-state index in [4.69, 9.17) is 4.74 Å². The van der Waals surface area contributed by atoms with Gasteiger partial charge in [0.1, 0.15) is 30.5 Å². The third-order valence-electron chi connectivity index (χ3n) is 5.76. The van der Waals surface area contributed by atoms with Crippen LogP contribution in [0.15, 0.2) is 47.4 Å². The summed E-state index contributed by atoms with van der Waals surface area (Å²) >= 11 is 0. The quantitative estimate of drug-likeness (QED) is 0.523. The van der Waals surface area contributed by atoms with E-state index in [2.05, 4.69) is 13.8 Å². The fourth-order valence-corrected chi connectivity index (χ4v) is 4.60. The predicted octanol–water partition coefficient (Wildman–Crippen LogP) is 1.32. The third kappa shape index (κ3) is 5.16. The SMILES string of the molecule is CC(C)c1ccc([C@@H]2O[C@H](CO)[C@@H](O)[C@H](O)[C@H]2O)cc1Cc1ccc(S(C)(=O)=O)cc1. The van der Waals surface area contributed by atoms with Crippen LogP contribution >= 0.6 is 0 Å². The highest BCUT2D eigenvalue weighted by molar-refractivity contribution is 7.90. The van der Waals surface area contributed by atoms with Crippen LogP contribution in [0.3, 0.4) is 0 Å². The van der Waals surface area contributed by atoms with Crippen LogP contribution in [0.5, 0.6) is 0 Å². The molecule has 1 fully saturated rings. The molecule has 4 N–H and O–H groups in total. The van der Waals surface area contributed by atoms with Crippen LogP contribution in [-0.2, 0) is 21.0 Å². The number of sulfone groups is 1. The van der Waals surface area contributed by atoms with Gasteiger partial charge < -0.3 is 25.2 Å². The molecule has 0 unspecified atom stereocenters. The van der Waals surface area contributed by atoms with Gasteiger partial charge in [0, 0.05) is 6.26 Å². The molecule has 1 heterocycles. The molecule has 5 atom stereocenters. The molecule has 0 aliphatic carbocycles. The summed E-state index contributed by atoms with van der Waals surface area (Å²) in [6, 6.07) is 12.4. The minimum absolute atomic E-state index is 0.231. The molecule has 0 radical (unpaired) electrons. The smallest absolute Gasteiger partial charge is 0.175 e. The van der Waals surface area contributed by atoms with Crippen molar-refractivity contribution in [3.05, 3.63) is 64.7 Å². The van der Waals surface area contributed by atoms with E-state index in [-0.39, 0.29) is 10.8 Å². The van der Waals surface area contributed by atoms with Crippen LogP contribution in [0, 0.1) is 0 Å². The van der Waals surface area contributed by atoms with E-state index >= 15 is 0 Å². The Morgan fingerprint density at radius 2 is 1.61 bits per heavy atom. The molecule has 0 aromatic heterocycles. The van der Waals surface area contributed by atoms with E-state index < -0.39 is 47.0 Å². The predicted molar refractivity (Wildman–Crippen MR) is 116 cm³/mol. The lowest BCUT2D eigenvalue weighted by Gasteiger charge is -2.40. The van der Waals surface area contributed by atoms with Crippen molar-refractivity contribution in [2.45, 2.75) is 61.6 Å². The van der Waals surface area contributed by atoms with Gasteiger partial charge in [0.2, 0.25) is 0 Å². The molecule has 2 aromatic carbocycles. The maximum Gasteiger partial charge on any atom is 0.175 e. The second-order valence-corrected chi connectivity index (χ2v) is 10.5. The van der Waals surface area contributed by atoms with Crippen LogP contribution in [0.4, 0.5) is 0 Å². The van der Waals surface area contributed by atoms with E-state index in [1.54, 1.807) is 24.3 Å². The van der Waals surface area contributed by atoms with E-state index in [1.165, 1.54) is 6.26 Å². The van der Waals surface area contributed by atoms with Crippen LogP contribution in [0.2, 0.25) is 0 Å². The Morgan fingerprint density at radius 3 is 2.16 bits per heavy atom. The molecular formula is C23H30O7S. The van der Waals surface area contributed by atoms with Crippen LogP contribution < -0.4 is 0 Å². The van der Waals surface area contributed by atoms with Gasteiger partial charge in [-0.1, -0.05) is 44.2 Å². The van der Waals surface area contributed by atoms with Gasteiger partial charge in [-0.2, -0.15) is 0 Å². The summed E-state index contributed by atoms with van der Waals surface area (Å²) in [6.07, 6.45) is -4.34. The molecule has 0 amide bonds. The molecule has 1 aliphatic heterocycles. The Labute approximate surface area is 182 Å². The van der Waals surface area contributed by atoms with Crippen molar-refractivity contribution in [2.75, 3.05) is 12.9 Å². The lowest BCUT2D eigenvalue weighted by molar-refractivity contribution is -0.231. The molecular weight excluding hydrogens is 420 g/mol. The van der Waals surface area contributed by atoms with Crippen molar-refractivity contribution in [1.82, 2.24) is 0 Å². The van der Waals surface area contributed by atoms with Gasteiger partial charge in [0.15, 0.2) is 9.84 Å². The Morgan fingerprint density at radius 1 is 0.968 bits per heavy atom. The molecule has 0 saturated carbocycles. The fourth-order valence-electron chi connectivity index (χ4n) is 3.97. The van der Waals surface area contributed by atoms with Gasteiger partial charge in [-0.25, -0.2) is 8.42 Å². The number of ether oxygens (including phenoxy) is 1. The zero-order valence-corrected chi connectivity index (χ0v) is 18.7. The largest absolute Gasteiger partial charge is 0.394 e. The molecule has 0 bridgehead atoms. The number of aliphatic hydroxyl groups excluding tert-OH is 4. The number of hydrogen-bond donors (Lipinski definition) is 4. The summed E-state index contributed by atoms with van der Waals surface area (Å²) in [6.45, 7) is 3.66. The minimum atomic E-state index is -3.27. The summed E-state index contributed by atoms with van der Waals surface area (Å²) in [5.74, 6) is 0.231. The topological polar surface area (TPSA) is 124 Å². The summed E-state index contributed by atoms with van der Waals surface area (Å²) in [5, 5.41) is 40.1. The Bertz CT molecular complexity index is 999. The van der Waals surface area contributed by atoms with Gasteiger partial charge in [-0.3, -0.25) is 0 Å². The summed E-state index contributed by atoms with van der Waals surface area (Å²) in [5.41, 5.74) is 3.64. The molecule has 170 valence electrons. The lowest BCUT2D eigenvalue weighted by Crippen LogP contribution is -2.55. The van der Waals surface area contributed by atoms with Gasteiger partial charge in [-0.05, 0) is 46.7 Å². The number of aliphatic hydroxyl groups is 4. The van der Waals surface area contributed by atoms with Crippen molar-refractivity contribution in [3.63, 3.8) is 0 Å². The molecule has 2 aromatic rings. The molecule has 3 rings (SSSR count). The van der Waals surface area contributed by atoms with Crippen molar-refractivity contribution < 1.29 is 33.6 Å². The number of rotatable bonds is 6. The summed E-state index contributed by atoms with van der Waals surface area (Å²) in [4.78, 5) is 0.260. The Kier molecular flexibility index (Phi) is 7.20. The van der Waals surface area contributed by atoms with Crippen molar-refractivity contribution in [3.8, 4) is 0 Å². The zero-order valence-electron chi connectivity index (χ0n) is 17.8. The van der Waals surface area contributed by atoms with E-state index in [0.29, 0.717) is 12.0 Å². The van der Waals surface area contributed by atoms with E-state index in [9.17, 15) is 28.8 Å². The zero-order chi connectivity index (χ0) is 22.9. The van der Waals surface area contributed by atoms with Crippen LogP contribution in [-0.4, -0.2) is 66.1 Å². The highest BCUT2D eigenvalue weighted by atomic mass is 32.2. The molecule has 31 heavy (non-hydrogen) atoms. The van der Waals surface area contributed by atoms with E-state index in [0.717, 1.165) is 16.7 Å². The lowest BCUT2D eigenvalue weighted by atomic mass is 9.87. The summed E-state index contributed by atoms with van der Waals surface area (Å²) < 4.78 is 29.1. The Hall–Kier alpha value is -1.81. The molecule has 7 nitrogen and oxygen atoms in total. The second-order valence-electron chi connectivity index (χ2n) is 8.46. The van der Waals surface area contributed by atoms with Crippen LogP contribution in [0.25, 0.3) is 0 Å². The second kappa shape index (κ2) is 9.36. The maximum absolute atomic E-state index is 11.7. The number of hydrogen-bond acceptors (Lipinski definition) is 7. The third-order valence-corrected chi connectivity index (χ3v) is 6.88. The molecule has 1 saturated heterocycles. The maximum atomic E-state index is 11.7. The molecule has 0 spiro atoms. The normalized spacial score (nSPS) is 26.9. The van der Waals surface area contributed by atoms with Gasteiger partial charge in [0.25, 0.3) is 0 Å². The summed E-state index contributed by atoms with van der Waals surface area (Å²) in [7, 11) is -3.27. The molecule has 8 heteroatoms. The minimum Gasteiger partial charge on any atom is -0.394 e. The van der Waals surface area contributed by atoms with Gasteiger partial charge in [-0.15, -0.1) is 0 Å². The van der Waals surface area contributed by atoms with Gasteiger partial charge in [0.05, 0.1) is 11.5 Å². The first-order chi connectivity index (χ1) is 14.5. The standard InChI is InChI=1S/C23H30O7S/c1-13(2)18-9-6-15(23-22(27)21(26)20(25)19(12-24)30-23)11-16(18)10-14-4-7-17(8-5-14)31(3,28)29/h4-9,11,13,19-27H,10,12H2,1-3H3/t19-,20-,21+,22-,23+/m1/s1. The van der Waals surface area contributed by atoms with Crippen molar-refractivity contribution >= 4 is 9.84 Å². The first-order valence-corrected chi connectivity index (χ1v) is 12.1. The Balaban J connectivity index is 1.94. The first kappa shape index (κ1) is 23.8. The van der Waals surface area contributed by atoms with Crippen molar-refractivity contribution in [2.24, 2.45) is 0 Å². The average molecular weight is 451 g/mol. The first-order valence-electron chi connectivity index (χ1n) is 10.2. The average Bonchev–Trinajstić information content (AvgIpc) is 2.72. The fraction of sp³-hybridized carbons (Fsp3) is 0.478.